The van der Waals surface area contributed by atoms with Gasteiger partial charge in [0.15, 0.2) is 0 Å². The van der Waals surface area contributed by atoms with Gasteiger partial charge in [0.05, 0.1) is 30.1 Å². The van der Waals surface area contributed by atoms with Crippen LogP contribution in [-0.2, 0) is 0 Å². The van der Waals surface area contributed by atoms with E-state index in [-0.39, 0.29) is 5.54 Å². The maximum absolute atomic E-state index is 9.58. The SMILES string of the molecule is CCOc1cc(-c2ccc(N3CCC(N)(CN4CCN(C)[C@@H](C)C4)CC3)nc2)c2c(C#N)cnn2c1. The molecule has 2 aliphatic heterocycles. The fourth-order valence-electron chi connectivity index (χ4n) is 5.43. The molecule has 0 amide bonds. The van der Waals surface area contributed by atoms with Crippen molar-refractivity contribution in [2.75, 3.05) is 57.8 Å². The first kappa shape index (κ1) is 24.5. The molecule has 1 atom stereocenters. The number of piperazine rings is 1. The molecule has 0 spiro atoms. The number of nitrogens with zero attached hydrogens (tertiary/aromatic N) is 7. The zero-order chi connectivity index (χ0) is 25.3. The fraction of sp³-hybridized carbons (Fsp3) is 0.519. The van der Waals surface area contributed by atoms with Gasteiger partial charge in [-0.25, -0.2) is 9.50 Å². The molecule has 0 aliphatic carbocycles. The molecule has 3 aromatic heterocycles. The second-order valence-corrected chi connectivity index (χ2v) is 10.3. The largest absolute Gasteiger partial charge is 0.492 e. The summed E-state index contributed by atoms with van der Waals surface area (Å²) in [5, 5.41) is 13.9. The molecule has 2 saturated heterocycles. The standard InChI is InChI=1S/C27H36N8O/c1-4-36-23-13-24(26-22(14-28)16-31-35(26)18-23)21-5-6-25(30-15-21)34-9-7-27(29,8-10-34)19-33-12-11-32(3)20(2)17-33/h5-6,13,15-16,18,20H,4,7-12,17,19,29H2,1-3H3/t20-/m0/s1. The smallest absolute Gasteiger partial charge is 0.138 e. The van der Waals surface area contributed by atoms with Crippen LogP contribution in [0.15, 0.2) is 36.8 Å². The molecule has 2 aliphatic rings. The van der Waals surface area contributed by atoms with E-state index in [4.69, 9.17) is 15.5 Å². The Bertz CT molecular complexity index is 1240. The Balaban J connectivity index is 1.29. The second kappa shape index (κ2) is 10.1. The summed E-state index contributed by atoms with van der Waals surface area (Å²) in [5.74, 6) is 1.67. The van der Waals surface area contributed by atoms with Crippen molar-refractivity contribution < 1.29 is 4.74 Å². The molecule has 2 N–H and O–H groups in total. The summed E-state index contributed by atoms with van der Waals surface area (Å²) >= 11 is 0. The van der Waals surface area contributed by atoms with Crippen LogP contribution < -0.4 is 15.4 Å². The van der Waals surface area contributed by atoms with Crippen molar-refractivity contribution >= 4 is 11.3 Å². The molecule has 0 unspecified atom stereocenters. The van der Waals surface area contributed by atoms with E-state index >= 15 is 0 Å². The number of nitrogens with two attached hydrogens (primary N) is 1. The summed E-state index contributed by atoms with van der Waals surface area (Å²) in [6.07, 6.45) is 7.18. The van der Waals surface area contributed by atoms with E-state index in [2.05, 4.69) is 52.0 Å². The van der Waals surface area contributed by atoms with Crippen LogP contribution in [0.25, 0.3) is 16.6 Å². The second-order valence-electron chi connectivity index (χ2n) is 10.3. The van der Waals surface area contributed by atoms with E-state index in [0.717, 1.165) is 74.6 Å². The molecular weight excluding hydrogens is 452 g/mol. The molecule has 190 valence electrons. The minimum Gasteiger partial charge on any atom is -0.492 e. The summed E-state index contributed by atoms with van der Waals surface area (Å²) in [6, 6.07) is 8.91. The number of aromatic nitrogens is 3. The van der Waals surface area contributed by atoms with Crippen LogP contribution >= 0.6 is 0 Å². The van der Waals surface area contributed by atoms with Crippen LogP contribution in [0, 0.1) is 11.3 Å². The first-order valence-corrected chi connectivity index (χ1v) is 12.9. The number of ether oxygens (including phenoxy) is 1. The van der Waals surface area contributed by atoms with E-state index in [1.807, 2.05) is 19.2 Å². The number of fused-ring (bicyclic) bond motifs is 1. The fourth-order valence-corrected chi connectivity index (χ4v) is 5.43. The van der Waals surface area contributed by atoms with Gasteiger partial charge in [0, 0.05) is 68.2 Å². The van der Waals surface area contributed by atoms with Gasteiger partial charge >= 0.3 is 0 Å². The van der Waals surface area contributed by atoms with E-state index in [1.54, 1.807) is 16.9 Å². The van der Waals surface area contributed by atoms with Crippen molar-refractivity contribution in [3.05, 3.63) is 42.4 Å². The summed E-state index contributed by atoms with van der Waals surface area (Å²) < 4.78 is 7.44. The molecule has 2 fully saturated rings. The van der Waals surface area contributed by atoms with Crippen LogP contribution in [0.4, 0.5) is 5.82 Å². The maximum atomic E-state index is 9.58. The Kier molecular flexibility index (Phi) is 6.84. The molecule has 5 heterocycles. The highest BCUT2D eigenvalue weighted by Crippen LogP contribution is 2.32. The molecule has 9 nitrogen and oxygen atoms in total. The maximum Gasteiger partial charge on any atom is 0.138 e. The molecule has 36 heavy (non-hydrogen) atoms. The van der Waals surface area contributed by atoms with Gasteiger partial charge in [-0.05, 0) is 51.9 Å². The molecular formula is C27H36N8O. The first-order valence-electron chi connectivity index (χ1n) is 12.9. The summed E-state index contributed by atoms with van der Waals surface area (Å²) in [5.41, 5.74) is 9.83. The van der Waals surface area contributed by atoms with Crippen LogP contribution in [0.1, 0.15) is 32.3 Å². The van der Waals surface area contributed by atoms with Crippen molar-refractivity contribution in [3.63, 3.8) is 0 Å². The van der Waals surface area contributed by atoms with Gasteiger partial charge in [-0.3, -0.25) is 4.90 Å². The van der Waals surface area contributed by atoms with Gasteiger partial charge in [0.1, 0.15) is 17.6 Å². The van der Waals surface area contributed by atoms with Gasteiger partial charge in [-0.15, -0.1) is 0 Å². The van der Waals surface area contributed by atoms with E-state index in [9.17, 15) is 5.26 Å². The quantitative estimate of drug-likeness (QED) is 0.565. The lowest BCUT2D eigenvalue weighted by Crippen LogP contribution is -2.60. The van der Waals surface area contributed by atoms with Gasteiger partial charge in [0.2, 0.25) is 0 Å². The molecule has 0 radical (unpaired) electrons. The normalized spacial score (nSPS) is 21.0. The highest BCUT2D eigenvalue weighted by molar-refractivity contribution is 5.85. The van der Waals surface area contributed by atoms with E-state index in [1.165, 1.54) is 0 Å². The van der Waals surface area contributed by atoms with Crippen molar-refractivity contribution in [3.8, 4) is 22.9 Å². The van der Waals surface area contributed by atoms with Gasteiger partial charge in [-0.2, -0.15) is 10.4 Å². The number of rotatable bonds is 6. The summed E-state index contributed by atoms with van der Waals surface area (Å²) in [4.78, 5) is 12.1. The highest BCUT2D eigenvalue weighted by atomic mass is 16.5. The minimum absolute atomic E-state index is 0.146. The molecule has 5 rings (SSSR count). The highest BCUT2D eigenvalue weighted by Gasteiger charge is 2.34. The minimum atomic E-state index is -0.146. The number of nitriles is 1. The summed E-state index contributed by atoms with van der Waals surface area (Å²) in [6.45, 7) is 10.8. The van der Waals surface area contributed by atoms with Crippen molar-refractivity contribution in [1.82, 2.24) is 24.4 Å². The van der Waals surface area contributed by atoms with E-state index in [0.29, 0.717) is 24.0 Å². The Morgan fingerprint density at radius 2 is 2.00 bits per heavy atom. The molecule has 0 saturated carbocycles. The molecule has 3 aromatic rings. The molecule has 0 bridgehead atoms. The first-order chi connectivity index (χ1) is 17.4. The third-order valence-corrected chi connectivity index (χ3v) is 7.74. The topological polar surface area (TPSA) is 99.0 Å². The van der Waals surface area contributed by atoms with Crippen molar-refractivity contribution in [2.24, 2.45) is 5.73 Å². The Hall–Kier alpha value is -3.19. The lowest BCUT2D eigenvalue weighted by atomic mass is 9.87. The number of piperidine rings is 1. The third-order valence-electron chi connectivity index (χ3n) is 7.74. The van der Waals surface area contributed by atoms with Crippen molar-refractivity contribution in [2.45, 2.75) is 38.3 Å². The molecule has 0 aromatic carbocycles. The molecule has 9 heteroatoms. The van der Waals surface area contributed by atoms with Gasteiger partial charge in [0.25, 0.3) is 0 Å². The monoisotopic (exact) mass is 488 g/mol. The zero-order valence-electron chi connectivity index (χ0n) is 21.5. The third kappa shape index (κ3) is 4.89. The average Bonchev–Trinajstić information content (AvgIpc) is 3.30. The van der Waals surface area contributed by atoms with Gasteiger partial charge in [-0.1, -0.05) is 0 Å². The Morgan fingerprint density at radius 3 is 2.67 bits per heavy atom. The van der Waals surface area contributed by atoms with Gasteiger partial charge < -0.3 is 20.3 Å². The predicted octanol–water partition coefficient (Wildman–Crippen LogP) is 2.60. The summed E-state index contributed by atoms with van der Waals surface area (Å²) in [7, 11) is 2.20. The van der Waals surface area contributed by atoms with Crippen LogP contribution in [0.3, 0.4) is 0 Å². The van der Waals surface area contributed by atoms with Crippen LogP contribution in [-0.4, -0.2) is 88.9 Å². The zero-order valence-corrected chi connectivity index (χ0v) is 21.5. The van der Waals surface area contributed by atoms with Crippen molar-refractivity contribution in [1.29, 1.82) is 5.26 Å². The average molecular weight is 489 g/mol. The number of hydrogen-bond donors (Lipinski definition) is 1. The number of anilines is 1. The van der Waals surface area contributed by atoms with Crippen LogP contribution in [0.2, 0.25) is 0 Å². The Labute approximate surface area is 213 Å². The number of hydrogen-bond acceptors (Lipinski definition) is 8. The lowest BCUT2D eigenvalue weighted by Gasteiger charge is -2.45. The predicted molar refractivity (Wildman–Crippen MR) is 141 cm³/mol. The lowest BCUT2D eigenvalue weighted by molar-refractivity contribution is 0.0805. The van der Waals surface area contributed by atoms with E-state index < -0.39 is 0 Å². The van der Waals surface area contributed by atoms with Crippen LogP contribution in [0.5, 0.6) is 5.75 Å². The number of likely N-dealkylation sites (N-methyl/N-ethyl adjacent to an activating group) is 1. The number of pyridine rings is 2. The Morgan fingerprint density at radius 1 is 1.19 bits per heavy atom.